The third-order valence-electron chi connectivity index (χ3n) is 4.64. The van der Waals surface area contributed by atoms with Crippen molar-refractivity contribution in [1.82, 2.24) is 10.2 Å². The number of urea groups is 1. The van der Waals surface area contributed by atoms with Crippen molar-refractivity contribution in [1.29, 1.82) is 0 Å². The fourth-order valence-corrected chi connectivity index (χ4v) is 3.79. The lowest BCUT2D eigenvalue weighted by molar-refractivity contribution is -0.383. The Morgan fingerprint density at radius 1 is 1.35 bits per heavy atom. The van der Waals surface area contributed by atoms with Gasteiger partial charge in [0, 0.05) is 17.5 Å². The number of anilines is 1. The number of likely N-dealkylation sites (tertiary alicyclic amines) is 1. The Labute approximate surface area is 156 Å². The Bertz CT molecular complexity index is 771. The van der Waals surface area contributed by atoms with E-state index >= 15 is 0 Å². The van der Waals surface area contributed by atoms with Gasteiger partial charge in [-0.1, -0.05) is 6.07 Å². The number of amides is 2. The van der Waals surface area contributed by atoms with Crippen LogP contribution < -0.4 is 10.6 Å². The summed E-state index contributed by atoms with van der Waals surface area (Å²) in [7, 11) is 2.09. The molecule has 1 aromatic heterocycles. The molecule has 0 aliphatic carbocycles. The number of hydrogen-bond donors (Lipinski definition) is 2. The van der Waals surface area contributed by atoms with Crippen molar-refractivity contribution in [3.8, 4) is 10.4 Å². The van der Waals surface area contributed by atoms with Crippen LogP contribution in [-0.2, 0) is 0 Å². The number of thiophene rings is 1. The summed E-state index contributed by atoms with van der Waals surface area (Å²) in [5.74, 6) is 0.449. The highest BCUT2D eigenvalue weighted by atomic mass is 32.1. The number of nitro groups is 1. The van der Waals surface area contributed by atoms with Gasteiger partial charge in [-0.25, -0.2) is 4.79 Å². The summed E-state index contributed by atoms with van der Waals surface area (Å²) in [4.78, 5) is 26.3. The highest BCUT2D eigenvalue weighted by Crippen LogP contribution is 2.32. The van der Waals surface area contributed by atoms with Crippen molar-refractivity contribution in [2.45, 2.75) is 12.8 Å². The van der Waals surface area contributed by atoms with Crippen LogP contribution in [0.25, 0.3) is 10.4 Å². The summed E-state index contributed by atoms with van der Waals surface area (Å²) < 4.78 is 0. The Kier molecular flexibility index (Phi) is 5.85. The third-order valence-corrected chi connectivity index (χ3v) is 5.56. The van der Waals surface area contributed by atoms with Crippen molar-refractivity contribution < 1.29 is 9.72 Å². The van der Waals surface area contributed by atoms with Crippen molar-refractivity contribution in [2.24, 2.45) is 5.92 Å². The van der Waals surface area contributed by atoms with Crippen LogP contribution in [-0.4, -0.2) is 42.5 Å². The number of nitrogens with zero attached hydrogens (tertiary/aromatic N) is 2. The van der Waals surface area contributed by atoms with Gasteiger partial charge in [0.05, 0.1) is 4.92 Å². The topological polar surface area (TPSA) is 87.5 Å². The van der Waals surface area contributed by atoms with Crippen molar-refractivity contribution in [2.75, 3.05) is 32.0 Å². The van der Waals surface area contributed by atoms with E-state index in [1.165, 1.54) is 6.07 Å². The van der Waals surface area contributed by atoms with E-state index in [1.807, 2.05) is 17.5 Å². The molecule has 1 aromatic carbocycles. The van der Waals surface area contributed by atoms with Gasteiger partial charge in [-0.2, -0.15) is 0 Å². The molecule has 3 rings (SSSR count). The maximum atomic E-state index is 12.2. The van der Waals surface area contributed by atoms with Crippen molar-refractivity contribution in [3.63, 3.8) is 0 Å². The third kappa shape index (κ3) is 4.59. The Morgan fingerprint density at radius 2 is 2.12 bits per heavy atom. The lowest BCUT2D eigenvalue weighted by Crippen LogP contribution is -2.38. The smallest absolute Gasteiger partial charge is 0.319 e. The lowest BCUT2D eigenvalue weighted by atomic mass is 9.97. The van der Waals surface area contributed by atoms with E-state index in [0.717, 1.165) is 36.4 Å². The average Bonchev–Trinajstić information content (AvgIpc) is 3.15. The molecule has 8 heteroatoms. The molecule has 0 saturated carbocycles. The Balaban J connectivity index is 1.66. The minimum absolute atomic E-state index is 0.111. The number of benzene rings is 1. The van der Waals surface area contributed by atoms with E-state index < -0.39 is 11.0 Å². The molecule has 138 valence electrons. The number of nitrogens with one attached hydrogen (secondary N) is 2. The Hall–Kier alpha value is -2.45. The average molecular weight is 374 g/mol. The fraction of sp³-hybridized carbons (Fsp3) is 0.389. The summed E-state index contributed by atoms with van der Waals surface area (Å²) in [6, 6.07) is 8.24. The molecule has 2 aromatic rings. The maximum Gasteiger partial charge on any atom is 0.319 e. The molecule has 7 nitrogen and oxygen atoms in total. The molecule has 2 amide bonds. The van der Waals surface area contributed by atoms with E-state index in [-0.39, 0.29) is 11.4 Å². The molecule has 1 aliphatic rings. The van der Waals surface area contributed by atoms with Crippen molar-refractivity contribution in [3.05, 3.63) is 45.8 Å². The predicted molar refractivity (Wildman–Crippen MR) is 104 cm³/mol. The number of piperidine rings is 1. The molecule has 0 unspecified atom stereocenters. The van der Waals surface area contributed by atoms with Gasteiger partial charge in [0.1, 0.15) is 5.69 Å². The SMILES string of the molecule is CN1CCC(CNC(=O)Nc2cc(-c3cccs3)ccc2[N+](=O)[O-])CC1. The molecule has 0 bridgehead atoms. The molecule has 1 aliphatic heterocycles. The van der Waals surface area contributed by atoms with Gasteiger partial charge in [-0.05, 0) is 68.0 Å². The maximum absolute atomic E-state index is 12.2. The molecule has 2 heterocycles. The second-order valence-corrected chi connectivity index (χ2v) is 7.50. The van der Waals surface area contributed by atoms with Gasteiger partial charge in [-0.15, -0.1) is 11.3 Å². The van der Waals surface area contributed by atoms with Gasteiger partial charge < -0.3 is 15.5 Å². The summed E-state index contributed by atoms with van der Waals surface area (Å²) in [5.41, 5.74) is 0.942. The molecule has 26 heavy (non-hydrogen) atoms. The first-order valence-electron chi connectivity index (χ1n) is 8.58. The van der Waals surface area contributed by atoms with E-state index in [4.69, 9.17) is 0 Å². The van der Waals surface area contributed by atoms with Crippen LogP contribution in [0, 0.1) is 16.0 Å². The molecule has 1 saturated heterocycles. The molecular weight excluding hydrogens is 352 g/mol. The summed E-state index contributed by atoms with van der Waals surface area (Å²) in [5, 5.41) is 18.7. The largest absolute Gasteiger partial charge is 0.338 e. The zero-order valence-corrected chi connectivity index (χ0v) is 15.4. The molecule has 1 fully saturated rings. The highest BCUT2D eigenvalue weighted by molar-refractivity contribution is 7.13. The van der Waals surface area contributed by atoms with Crippen LogP contribution in [0.2, 0.25) is 0 Å². The van der Waals surface area contributed by atoms with Gasteiger partial charge in [0.2, 0.25) is 0 Å². The number of carbonyl (C=O) groups excluding carboxylic acids is 1. The van der Waals surface area contributed by atoms with E-state index in [0.29, 0.717) is 12.5 Å². The number of carbonyl (C=O) groups is 1. The first-order valence-corrected chi connectivity index (χ1v) is 9.46. The van der Waals surface area contributed by atoms with E-state index in [9.17, 15) is 14.9 Å². The number of rotatable bonds is 5. The van der Waals surface area contributed by atoms with Crippen LogP contribution in [0.15, 0.2) is 35.7 Å². The van der Waals surface area contributed by atoms with Gasteiger partial charge >= 0.3 is 6.03 Å². The van der Waals surface area contributed by atoms with Crippen LogP contribution in [0.4, 0.5) is 16.2 Å². The highest BCUT2D eigenvalue weighted by Gasteiger charge is 2.20. The van der Waals surface area contributed by atoms with Crippen LogP contribution in [0.1, 0.15) is 12.8 Å². The van der Waals surface area contributed by atoms with E-state index in [2.05, 4.69) is 22.6 Å². The fourth-order valence-electron chi connectivity index (χ4n) is 3.06. The van der Waals surface area contributed by atoms with Crippen molar-refractivity contribution >= 4 is 28.7 Å². The summed E-state index contributed by atoms with van der Waals surface area (Å²) >= 11 is 1.54. The Morgan fingerprint density at radius 3 is 2.77 bits per heavy atom. The quantitative estimate of drug-likeness (QED) is 0.616. The zero-order chi connectivity index (χ0) is 18.5. The van der Waals surface area contributed by atoms with Gasteiger partial charge in [0.15, 0.2) is 0 Å². The van der Waals surface area contributed by atoms with Gasteiger partial charge in [0.25, 0.3) is 5.69 Å². The van der Waals surface area contributed by atoms with E-state index in [1.54, 1.807) is 23.5 Å². The molecule has 0 radical (unpaired) electrons. The minimum atomic E-state index is -0.481. The molecule has 0 atom stereocenters. The first kappa shape index (κ1) is 18.3. The second kappa shape index (κ2) is 8.29. The van der Waals surface area contributed by atoms with Crippen LogP contribution in [0.5, 0.6) is 0 Å². The number of nitro benzene ring substituents is 1. The standard InChI is InChI=1S/C18H22N4O3S/c1-21-8-6-13(7-9-21)12-19-18(23)20-15-11-14(17-3-2-10-26-17)4-5-16(15)22(24)25/h2-5,10-11,13H,6-9,12H2,1H3,(H2,19,20,23). The second-order valence-electron chi connectivity index (χ2n) is 6.55. The summed E-state index contributed by atoms with van der Waals surface area (Å²) in [6.07, 6.45) is 2.09. The zero-order valence-electron chi connectivity index (χ0n) is 14.6. The lowest BCUT2D eigenvalue weighted by Gasteiger charge is -2.28. The molecule has 2 N–H and O–H groups in total. The molecule has 0 spiro atoms. The van der Waals surface area contributed by atoms with Crippen LogP contribution in [0.3, 0.4) is 0 Å². The predicted octanol–water partition coefficient (Wildman–Crippen LogP) is 3.79. The normalized spacial score (nSPS) is 15.6. The molecular formula is C18H22N4O3S. The summed E-state index contributed by atoms with van der Waals surface area (Å²) in [6.45, 7) is 2.64. The minimum Gasteiger partial charge on any atom is -0.338 e. The first-order chi connectivity index (χ1) is 12.5. The van der Waals surface area contributed by atoms with Gasteiger partial charge in [-0.3, -0.25) is 10.1 Å². The van der Waals surface area contributed by atoms with Crippen LogP contribution >= 0.6 is 11.3 Å². The monoisotopic (exact) mass is 374 g/mol. The number of hydrogen-bond acceptors (Lipinski definition) is 5.